The van der Waals surface area contributed by atoms with E-state index in [9.17, 15) is 9.90 Å². The van der Waals surface area contributed by atoms with E-state index in [1.165, 1.54) is 0 Å². The molecular weight excluding hydrogens is 266 g/mol. The van der Waals surface area contributed by atoms with Gasteiger partial charge in [0, 0.05) is 18.8 Å². The Kier molecular flexibility index (Phi) is 5.20. The summed E-state index contributed by atoms with van der Waals surface area (Å²) in [4.78, 5) is 14.0. The van der Waals surface area contributed by atoms with Crippen LogP contribution < -0.4 is 10.6 Å². The zero-order chi connectivity index (χ0) is 15.3. The molecule has 1 aliphatic rings. The predicted molar refractivity (Wildman–Crippen MR) is 84.3 cm³/mol. The van der Waals surface area contributed by atoms with E-state index in [0.717, 1.165) is 43.5 Å². The Morgan fingerprint density at radius 1 is 1.33 bits per heavy atom. The van der Waals surface area contributed by atoms with E-state index >= 15 is 0 Å². The number of carbonyl (C=O) groups excluding carboxylic acids is 1. The summed E-state index contributed by atoms with van der Waals surface area (Å²) in [6.07, 6.45) is 3.61. The third kappa shape index (κ3) is 5.02. The first kappa shape index (κ1) is 15.8. The molecule has 0 bridgehead atoms. The number of hydrogen-bond acceptors (Lipinski definition) is 3. The van der Waals surface area contributed by atoms with Crippen molar-refractivity contribution in [2.24, 2.45) is 0 Å². The van der Waals surface area contributed by atoms with Crippen LogP contribution in [0.3, 0.4) is 0 Å². The van der Waals surface area contributed by atoms with Gasteiger partial charge in [-0.05, 0) is 44.6 Å². The molecule has 2 rings (SSSR count). The summed E-state index contributed by atoms with van der Waals surface area (Å²) < 4.78 is 0. The van der Waals surface area contributed by atoms with Crippen LogP contribution in [0, 0.1) is 0 Å². The molecule has 0 heterocycles. The summed E-state index contributed by atoms with van der Waals surface area (Å²) in [7, 11) is 4.02. The number of carbonyl (C=O) groups is 1. The van der Waals surface area contributed by atoms with Crippen LogP contribution in [0.25, 0.3) is 0 Å². The van der Waals surface area contributed by atoms with Crippen molar-refractivity contribution in [1.82, 2.24) is 10.2 Å². The highest BCUT2D eigenvalue weighted by molar-refractivity contribution is 5.89. The van der Waals surface area contributed by atoms with E-state index in [-0.39, 0.29) is 6.03 Å². The average Bonchev–Trinajstić information content (AvgIpc) is 2.84. The number of amides is 2. The lowest BCUT2D eigenvalue weighted by Gasteiger charge is -2.22. The Hall–Kier alpha value is -1.59. The summed E-state index contributed by atoms with van der Waals surface area (Å²) >= 11 is 0. The summed E-state index contributed by atoms with van der Waals surface area (Å²) in [6.45, 7) is 1.15. The highest BCUT2D eigenvalue weighted by atomic mass is 16.3. The minimum Gasteiger partial charge on any atom is -0.388 e. The van der Waals surface area contributed by atoms with Crippen LogP contribution in [0.5, 0.6) is 0 Å². The molecule has 116 valence electrons. The van der Waals surface area contributed by atoms with Crippen LogP contribution in [-0.2, 0) is 6.54 Å². The molecule has 5 heteroatoms. The molecule has 1 aromatic rings. The molecule has 1 saturated carbocycles. The quantitative estimate of drug-likeness (QED) is 0.779. The average molecular weight is 291 g/mol. The minimum absolute atomic E-state index is 0.266. The van der Waals surface area contributed by atoms with Gasteiger partial charge in [0.1, 0.15) is 0 Å². The van der Waals surface area contributed by atoms with Gasteiger partial charge in [0.2, 0.25) is 0 Å². The van der Waals surface area contributed by atoms with Crippen LogP contribution in [0.4, 0.5) is 10.5 Å². The van der Waals surface area contributed by atoms with Gasteiger partial charge in [-0.2, -0.15) is 0 Å². The Bertz CT molecular complexity index is 482. The van der Waals surface area contributed by atoms with E-state index in [1.54, 1.807) is 0 Å². The molecule has 0 radical (unpaired) electrons. The molecule has 5 nitrogen and oxygen atoms in total. The van der Waals surface area contributed by atoms with Crippen molar-refractivity contribution in [2.75, 3.05) is 26.0 Å². The first-order chi connectivity index (χ1) is 9.97. The fourth-order valence-electron chi connectivity index (χ4n) is 2.74. The topological polar surface area (TPSA) is 64.6 Å². The van der Waals surface area contributed by atoms with Gasteiger partial charge in [-0.15, -0.1) is 0 Å². The van der Waals surface area contributed by atoms with Crippen LogP contribution >= 0.6 is 0 Å². The second-order valence-corrected chi connectivity index (χ2v) is 6.18. The largest absolute Gasteiger partial charge is 0.388 e. The Labute approximate surface area is 126 Å². The molecule has 0 saturated heterocycles. The van der Waals surface area contributed by atoms with Crippen LogP contribution in [0.15, 0.2) is 24.3 Å². The van der Waals surface area contributed by atoms with Crippen LogP contribution in [0.1, 0.15) is 31.2 Å². The van der Waals surface area contributed by atoms with E-state index < -0.39 is 5.60 Å². The van der Waals surface area contributed by atoms with Crippen molar-refractivity contribution in [3.8, 4) is 0 Å². The molecule has 21 heavy (non-hydrogen) atoms. The smallest absolute Gasteiger partial charge is 0.319 e. The summed E-state index contributed by atoms with van der Waals surface area (Å²) in [6, 6.07) is 7.52. The van der Waals surface area contributed by atoms with E-state index in [0.29, 0.717) is 6.54 Å². The van der Waals surface area contributed by atoms with Crippen LogP contribution in [0.2, 0.25) is 0 Å². The number of hydrogen-bond donors (Lipinski definition) is 3. The molecule has 0 aliphatic heterocycles. The number of anilines is 1. The van der Waals surface area contributed by atoms with Gasteiger partial charge in [-0.1, -0.05) is 25.0 Å². The predicted octanol–water partition coefficient (Wildman–Crippen LogP) is 2.17. The van der Waals surface area contributed by atoms with Gasteiger partial charge in [0.05, 0.1) is 5.60 Å². The number of benzene rings is 1. The highest BCUT2D eigenvalue weighted by Gasteiger charge is 2.31. The van der Waals surface area contributed by atoms with Gasteiger partial charge in [0.15, 0.2) is 0 Å². The van der Waals surface area contributed by atoms with Gasteiger partial charge in [0.25, 0.3) is 0 Å². The fourth-order valence-corrected chi connectivity index (χ4v) is 2.74. The second kappa shape index (κ2) is 6.91. The third-order valence-corrected chi connectivity index (χ3v) is 3.80. The lowest BCUT2D eigenvalue weighted by atomic mass is 10.0. The third-order valence-electron chi connectivity index (χ3n) is 3.80. The van der Waals surface area contributed by atoms with E-state index in [2.05, 4.69) is 15.5 Å². The van der Waals surface area contributed by atoms with Crippen LogP contribution in [-0.4, -0.2) is 42.3 Å². The maximum absolute atomic E-state index is 11.9. The molecular formula is C16H25N3O2. The lowest BCUT2D eigenvalue weighted by molar-refractivity contribution is 0.0506. The van der Waals surface area contributed by atoms with Crippen molar-refractivity contribution >= 4 is 11.7 Å². The zero-order valence-electron chi connectivity index (χ0n) is 12.9. The summed E-state index contributed by atoms with van der Waals surface area (Å²) in [5, 5.41) is 15.8. The number of nitrogens with one attached hydrogen (secondary N) is 2. The number of rotatable bonds is 5. The molecule has 1 aliphatic carbocycles. The number of urea groups is 1. The van der Waals surface area contributed by atoms with Crippen molar-refractivity contribution < 1.29 is 9.90 Å². The summed E-state index contributed by atoms with van der Waals surface area (Å²) in [5.74, 6) is 0. The van der Waals surface area contributed by atoms with Gasteiger partial charge < -0.3 is 20.6 Å². The second-order valence-electron chi connectivity index (χ2n) is 6.18. The SMILES string of the molecule is CN(C)Cc1cccc(NC(=O)NCC2(O)CCCC2)c1. The number of nitrogens with zero attached hydrogens (tertiary/aromatic N) is 1. The molecule has 3 N–H and O–H groups in total. The van der Waals surface area contributed by atoms with Crippen molar-refractivity contribution in [2.45, 2.75) is 37.8 Å². The van der Waals surface area contributed by atoms with E-state index in [1.807, 2.05) is 38.4 Å². The van der Waals surface area contributed by atoms with Gasteiger partial charge in [-0.25, -0.2) is 4.79 Å². The summed E-state index contributed by atoms with van der Waals surface area (Å²) in [5.41, 5.74) is 1.20. The molecule has 0 unspecified atom stereocenters. The Morgan fingerprint density at radius 3 is 2.71 bits per heavy atom. The molecule has 0 atom stereocenters. The molecule has 1 fully saturated rings. The highest BCUT2D eigenvalue weighted by Crippen LogP contribution is 2.28. The standard InChI is InChI=1S/C16H25N3O2/c1-19(2)11-13-6-5-7-14(10-13)18-15(20)17-12-16(21)8-3-4-9-16/h5-7,10,21H,3-4,8-9,11-12H2,1-2H3,(H2,17,18,20). The maximum atomic E-state index is 11.9. The minimum atomic E-state index is -0.718. The molecule has 0 spiro atoms. The fraction of sp³-hybridized carbons (Fsp3) is 0.562. The van der Waals surface area contributed by atoms with Gasteiger partial charge in [-0.3, -0.25) is 0 Å². The van der Waals surface area contributed by atoms with Crippen molar-refractivity contribution in [1.29, 1.82) is 0 Å². The monoisotopic (exact) mass is 291 g/mol. The Morgan fingerprint density at radius 2 is 2.05 bits per heavy atom. The molecule has 0 aromatic heterocycles. The lowest BCUT2D eigenvalue weighted by Crippen LogP contribution is -2.42. The van der Waals surface area contributed by atoms with Crippen molar-refractivity contribution in [3.63, 3.8) is 0 Å². The van der Waals surface area contributed by atoms with E-state index in [4.69, 9.17) is 0 Å². The number of aliphatic hydroxyl groups is 1. The first-order valence-corrected chi connectivity index (χ1v) is 7.48. The first-order valence-electron chi connectivity index (χ1n) is 7.48. The Balaban J connectivity index is 1.84. The van der Waals surface area contributed by atoms with Gasteiger partial charge >= 0.3 is 6.03 Å². The normalized spacial score (nSPS) is 17.0. The van der Waals surface area contributed by atoms with Crippen molar-refractivity contribution in [3.05, 3.63) is 29.8 Å². The maximum Gasteiger partial charge on any atom is 0.319 e. The molecule has 1 aromatic carbocycles. The molecule has 2 amide bonds. The zero-order valence-corrected chi connectivity index (χ0v) is 12.9.